The zero-order chi connectivity index (χ0) is 36.4. The third-order valence-corrected chi connectivity index (χ3v) is 9.56. The molecule has 0 aliphatic rings. The molecular weight excluding hydrogens is 649 g/mol. The van der Waals surface area contributed by atoms with Crippen LogP contribution in [0.25, 0.3) is 0 Å². The van der Waals surface area contributed by atoms with Crippen LogP contribution >= 0.6 is 7.82 Å². The molecule has 0 rings (SSSR count). The highest BCUT2D eigenvalue weighted by Crippen LogP contribution is 2.43. The lowest BCUT2D eigenvalue weighted by molar-refractivity contribution is -0.161. The van der Waals surface area contributed by atoms with Crippen molar-refractivity contribution in [2.75, 3.05) is 19.8 Å². The fourth-order valence-electron chi connectivity index (χ4n) is 5.48. The van der Waals surface area contributed by atoms with Gasteiger partial charge in [0.15, 0.2) is 6.10 Å². The van der Waals surface area contributed by atoms with E-state index >= 15 is 0 Å². The van der Waals surface area contributed by atoms with Gasteiger partial charge >= 0.3 is 25.7 Å². The molecule has 0 aliphatic carbocycles. The lowest BCUT2D eigenvalue weighted by Crippen LogP contribution is -2.34. The first kappa shape index (κ1) is 47.5. The predicted molar refractivity (Wildman–Crippen MR) is 194 cm³/mol. The molecule has 0 saturated carbocycles. The van der Waals surface area contributed by atoms with Crippen molar-refractivity contribution in [2.24, 2.45) is 5.73 Å². The van der Waals surface area contributed by atoms with Gasteiger partial charge in [0.25, 0.3) is 0 Å². The molecule has 0 bridgehead atoms. The molecule has 290 valence electrons. The van der Waals surface area contributed by atoms with E-state index in [1.807, 2.05) is 0 Å². The number of unbranched alkanes of at least 4 members (excludes halogenated alkanes) is 23. The first-order valence-electron chi connectivity index (χ1n) is 19.6. The van der Waals surface area contributed by atoms with Crippen molar-refractivity contribution in [3.63, 3.8) is 0 Å². The summed E-state index contributed by atoms with van der Waals surface area (Å²) in [4.78, 5) is 45.7. The van der Waals surface area contributed by atoms with E-state index in [0.717, 1.165) is 38.5 Å². The Hall–Kier alpha value is -1.52. The summed E-state index contributed by atoms with van der Waals surface area (Å²) in [5.74, 6) is -2.37. The number of phosphoric ester groups is 1. The molecule has 0 aromatic heterocycles. The van der Waals surface area contributed by atoms with Crippen molar-refractivity contribution in [1.82, 2.24) is 0 Å². The van der Waals surface area contributed by atoms with Gasteiger partial charge in [-0.25, -0.2) is 4.57 Å². The van der Waals surface area contributed by atoms with E-state index in [9.17, 15) is 23.8 Å². The Morgan fingerprint density at radius 1 is 0.551 bits per heavy atom. The topological polar surface area (TPSA) is 172 Å². The molecule has 12 heteroatoms. The Labute approximate surface area is 297 Å². The van der Waals surface area contributed by atoms with Gasteiger partial charge in [-0.3, -0.25) is 23.4 Å². The Morgan fingerprint density at radius 2 is 0.898 bits per heavy atom. The molecule has 0 aliphatic heterocycles. The van der Waals surface area contributed by atoms with Gasteiger partial charge in [-0.1, -0.05) is 162 Å². The van der Waals surface area contributed by atoms with E-state index in [1.165, 1.54) is 109 Å². The standard InChI is InChI=1S/C37H72NO10P/c1-3-5-7-9-11-13-15-16-17-18-19-21-22-24-26-28-35(39)45-30-33(31-46-49(43,44)47-32-34(38)37(41)42)48-36(40)29-27-25-23-20-14-12-10-8-6-4-2/h33-34H,3-32,38H2,1-2H3,(H,41,42)(H,43,44)/t33-,34+/m0/s1. The van der Waals surface area contributed by atoms with Gasteiger partial charge in [-0.15, -0.1) is 0 Å². The van der Waals surface area contributed by atoms with Gasteiger partial charge in [0.2, 0.25) is 0 Å². The van der Waals surface area contributed by atoms with Gasteiger partial charge in [-0.05, 0) is 12.8 Å². The van der Waals surface area contributed by atoms with Crippen LogP contribution in [0, 0.1) is 0 Å². The Bertz CT molecular complexity index is 859. The second-order valence-corrected chi connectivity index (χ2v) is 14.9. The van der Waals surface area contributed by atoms with Crippen LogP contribution in [0.3, 0.4) is 0 Å². The van der Waals surface area contributed by atoms with Crippen LogP contribution in [0.15, 0.2) is 0 Å². The van der Waals surface area contributed by atoms with E-state index in [0.29, 0.717) is 12.8 Å². The zero-order valence-corrected chi connectivity index (χ0v) is 31.9. The van der Waals surface area contributed by atoms with Crippen LogP contribution in [-0.4, -0.2) is 59.9 Å². The lowest BCUT2D eigenvalue weighted by Gasteiger charge is -2.20. The van der Waals surface area contributed by atoms with Crippen molar-refractivity contribution in [3.8, 4) is 0 Å². The van der Waals surface area contributed by atoms with E-state index in [-0.39, 0.29) is 19.4 Å². The van der Waals surface area contributed by atoms with Crippen molar-refractivity contribution in [3.05, 3.63) is 0 Å². The zero-order valence-electron chi connectivity index (χ0n) is 31.1. The first-order valence-corrected chi connectivity index (χ1v) is 21.1. The summed E-state index contributed by atoms with van der Waals surface area (Å²) < 4.78 is 32.5. The van der Waals surface area contributed by atoms with Gasteiger partial charge in [-0.2, -0.15) is 0 Å². The molecule has 0 amide bonds. The smallest absolute Gasteiger partial charge is 0.472 e. The van der Waals surface area contributed by atoms with Crippen molar-refractivity contribution < 1.29 is 47.5 Å². The molecule has 0 saturated heterocycles. The lowest BCUT2D eigenvalue weighted by atomic mass is 10.0. The van der Waals surface area contributed by atoms with Crippen LogP contribution in [-0.2, 0) is 37.5 Å². The molecule has 0 radical (unpaired) electrons. The van der Waals surface area contributed by atoms with Crippen LogP contribution in [0.2, 0.25) is 0 Å². The predicted octanol–water partition coefficient (Wildman–Crippen LogP) is 9.56. The molecular formula is C37H72NO10P. The summed E-state index contributed by atoms with van der Waals surface area (Å²) in [6, 6.07) is -1.51. The molecule has 4 N–H and O–H groups in total. The summed E-state index contributed by atoms with van der Waals surface area (Å²) in [5, 5.41) is 8.85. The molecule has 3 atom stereocenters. The molecule has 0 aromatic carbocycles. The molecule has 0 spiro atoms. The number of nitrogens with two attached hydrogens (primary N) is 1. The van der Waals surface area contributed by atoms with E-state index in [4.69, 9.17) is 24.8 Å². The molecule has 0 fully saturated rings. The second kappa shape index (κ2) is 33.6. The quantitative estimate of drug-likeness (QED) is 0.0317. The molecule has 1 unspecified atom stereocenters. The summed E-state index contributed by atoms with van der Waals surface area (Å²) in [6.07, 6.45) is 28.9. The maximum absolute atomic E-state index is 12.5. The highest BCUT2D eigenvalue weighted by atomic mass is 31.2. The summed E-state index contributed by atoms with van der Waals surface area (Å²) in [6.45, 7) is 2.79. The van der Waals surface area contributed by atoms with E-state index < -0.39 is 51.1 Å². The first-order chi connectivity index (χ1) is 23.6. The van der Waals surface area contributed by atoms with Crippen molar-refractivity contribution in [2.45, 2.75) is 199 Å². The van der Waals surface area contributed by atoms with Gasteiger partial charge in [0.1, 0.15) is 12.6 Å². The van der Waals surface area contributed by atoms with Gasteiger partial charge < -0.3 is 25.2 Å². The van der Waals surface area contributed by atoms with Gasteiger partial charge in [0, 0.05) is 12.8 Å². The highest BCUT2D eigenvalue weighted by Gasteiger charge is 2.28. The number of phosphoric acid groups is 1. The number of rotatable bonds is 37. The Balaban J connectivity index is 4.36. The number of ether oxygens (including phenoxy) is 2. The number of carbonyl (C=O) groups is 3. The summed E-state index contributed by atoms with van der Waals surface area (Å²) in [7, 11) is -4.70. The third-order valence-electron chi connectivity index (χ3n) is 8.61. The minimum absolute atomic E-state index is 0.167. The number of carboxylic acids is 1. The largest absolute Gasteiger partial charge is 0.480 e. The minimum atomic E-state index is -4.70. The summed E-state index contributed by atoms with van der Waals surface area (Å²) >= 11 is 0. The molecule has 11 nitrogen and oxygen atoms in total. The fraction of sp³-hybridized carbons (Fsp3) is 0.919. The Kier molecular flexibility index (Phi) is 32.6. The van der Waals surface area contributed by atoms with Crippen LogP contribution < -0.4 is 5.73 Å². The SMILES string of the molecule is CCCCCCCCCCCCCCCCCC(=O)OC[C@@H](COP(=O)(O)OC[C@@H](N)C(=O)O)OC(=O)CCCCCCCCCCCC. The molecule has 0 aromatic rings. The van der Waals surface area contributed by atoms with Crippen molar-refractivity contribution >= 4 is 25.7 Å². The van der Waals surface area contributed by atoms with Crippen molar-refractivity contribution in [1.29, 1.82) is 0 Å². The van der Waals surface area contributed by atoms with E-state index in [2.05, 4.69) is 18.4 Å². The normalized spacial score (nSPS) is 13.9. The van der Waals surface area contributed by atoms with Crippen LogP contribution in [0.1, 0.15) is 187 Å². The maximum atomic E-state index is 12.5. The minimum Gasteiger partial charge on any atom is -0.480 e. The number of carbonyl (C=O) groups excluding carboxylic acids is 2. The number of aliphatic carboxylic acids is 1. The average molecular weight is 722 g/mol. The fourth-order valence-corrected chi connectivity index (χ4v) is 6.26. The number of hydrogen-bond donors (Lipinski definition) is 3. The number of carboxylic acid groups (broad SMARTS) is 1. The van der Waals surface area contributed by atoms with Gasteiger partial charge in [0.05, 0.1) is 13.2 Å². The molecule has 49 heavy (non-hydrogen) atoms. The molecule has 0 heterocycles. The van der Waals surface area contributed by atoms with Crippen LogP contribution in [0.4, 0.5) is 0 Å². The number of hydrogen-bond acceptors (Lipinski definition) is 9. The monoisotopic (exact) mass is 721 g/mol. The van der Waals surface area contributed by atoms with E-state index in [1.54, 1.807) is 0 Å². The number of esters is 2. The average Bonchev–Trinajstić information content (AvgIpc) is 3.07. The summed E-state index contributed by atoms with van der Waals surface area (Å²) in [5.41, 5.74) is 5.31. The third kappa shape index (κ3) is 33.4. The highest BCUT2D eigenvalue weighted by molar-refractivity contribution is 7.47. The second-order valence-electron chi connectivity index (χ2n) is 13.4. The van der Waals surface area contributed by atoms with Crippen LogP contribution in [0.5, 0.6) is 0 Å². The maximum Gasteiger partial charge on any atom is 0.472 e. The Morgan fingerprint density at radius 3 is 1.29 bits per heavy atom.